The Bertz CT molecular complexity index is 545. The molecule has 0 heterocycles. The van der Waals surface area contributed by atoms with Crippen molar-refractivity contribution >= 4 is 23.6 Å². The average Bonchev–Trinajstić information content (AvgIpc) is 2.57. The second kappa shape index (κ2) is 11.0. The van der Waals surface area contributed by atoms with Gasteiger partial charge in [-0.25, -0.2) is 4.79 Å². The predicted molar refractivity (Wildman–Crippen MR) is 103 cm³/mol. The fourth-order valence-electron chi connectivity index (χ4n) is 3.25. The third kappa shape index (κ3) is 10.1. The summed E-state index contributed by atoms with van der Waals surface area (Å²) in [6.07, 6.45) is 8.64. The molecule has 0 spiro atoms. The van der Waals surface area contributed by atoms with Gasteiger partial charge in [-0.15, -0.1) is 0 Å². The molecule has 7 nitrogen and oxygen atoms in total. The zero-order chi connectivity index (χ0) is 20.4. The first-order chi connectivity index (χ1) is 12.6. The van der Waals surface area contributed by atoms with Gasteiger partial charge in [-0.05, 0) is 33.1 Å². The standard InChI is InChI=1S/C20H34N2O5/c1-14(23)18(21)22-27-19(25)16(13-17(24)26-20(2,3)4)12-8-11-15-9-6-5-7-10-15/h15-16H,5-13H2,1-4H3,(H2,21,22)/t16-/m1/s1. The molecule has 7 heteroatoms. The van der Waals surface area contributed by atoms with Crippen molar-refractivity contribution in [1.29, 1.82) is 0 Å². The second-order valence-corrected chi connectivity index (χ2v) is 8.37. The Kier molecular flexibility index (Phi) is 9.46. The molecule has 0 aromatic heterocycles. The number of amidine groups is 1. The highest BCUT2D eigenvalue weighted by Crippen LogP contribution is 2.29. The topological polar surface area (TPSA) is 108 Å². The fraction of sp³-hybridized carbons (Fsp3) is 0.800. The Morgan fingerprint density at radius 1 is 1.15 bits per heavy atom. The summed E-state index contributed by atoms with van der Waals surface area (Å²) in [5.74, 6) is -1.93. The number of rotatable bonds is 9. The quantitative estimate of drug-likeness (QED) is 0.215. The second-order valence-electron chi connectivity index (χ2n) is 8.37. The summed E-state index contributed by atoms with van der Waals surface area (Å²) in [5, 5.41) is 3.37. The maximum absolute atomic E-state index is 12.3. The molecule has 0 radical (unpaired) electrons. The lowest BCUT2D eigenvalue weighted by atomic mass is 9.84. The summed E-state index contributed by atoms with van der Waals surface area (Å²) >= 11 is 0. The summed E-state index contributed by atoms with van der Waals surface area (Å²) in [6, 6.07) is 0. The molecule has 1 rings (SSSR count). The van der Waals surface area contributed by atoms with Crippen LogP contribution < -0.4 is 5.73 Å². The zero-order valence-corrected chi connectivity index (χ0v) is 17.1. The van der Waals surface area contributed by atoms with E-state index in [0.717, 1.165) is 12.8 Å². The number of ketones is 1. The van der Waals surface area contributed by atoms with E-state index in [-0.39, 0.29) is 12.3 Å². The van der Waals surface area contributed by atoms with Crippen LogP contribution in [-0.4, -0.2) is 29.2 Å². The van der Waals surface area contributed by atoms with E-state index in [0.29, 0.717) is 12.3 Å². The van der Waals surface area contributed by atoms with E-state index in [2.05, 4.69) is 5.16 Å². The number of nitrogens with zero attached hydrogens (tertiary/aromatic N) is 1. The molecule has 154 valence electrons. The molecule has 1 saturated carbocycles. The van der Waals surface area contributed by atoms with Crippen LogP contribution in [0.2, 0.25) is 0 Å². The first-order valence-corrected chi connectivity index (χ1v) is 9.85. The van der Waals surface area contributed by atoms with E-state index in [1.165, 1.54) is 39.0 Å². The highest BCUT2D eigenvalue weighted by atomic mass is 16.7. The molecule has 1 fully saturated rings. The summed E-state index contributed by atoms with van der Waals surface area (Å²) in [6.45, 7) is 6.56. The summed E-state index contributed by atoms with van der Waals surface area (Å²) in [4.78, 5) is 40.4. The molecule has 0 amide bonds. The Morgan fingerprint density at radius 3 is 2.33 bits per heavy atom. The van der Waals surface area contributed by atoms with E-state index in [1.54, 1.807) is 20.8 Å². The van der Waals surface area contributed by atoms with Crippen LogP contribution >= 0.6 is 0 Å². The lowest BCUT2D eigenvalue weighted by Gasteiger charge is -2.23. The average molecular weight is 383 g/mol. The lowest BCUT2D eigenvalue weighted by molar-refractivity contribution is -0.161. The Labute approximate surface area is 162 Å². The SMILES string of the molecule is CC(=O)/C(N)=N\OC(=O)[C@H](CCCC1CCCCC1)CC(=O)OC(C)(C)C. The van der Waals surface area contributed by atoms with Crippen molar-refractivity contribution in [2.24, 2.45) is 22.7 Å². The van der Waals surface area contributed by atoms with E-state index >= 15 is 0 Å². The highest BCUT2D eigenvalue weighted by Gasteiger charge is 2.27. The maximum Gasteiger partial charge on any atom is 0.338 e. The lowest BCUT2D eigenvalue weighted by Crippen LogP contribution is -2.28. The minimum Gasteiger partial charge on any atom is -0.460 e. The van der Waals surface area contributed by atoms with Gasteiger partial charge >= 0.3 is 11.9 Å². The molecule has 0 aliphatic heterocycles. The fourth-order valence-corrected chi connectivity index (χ4v) is 3.25. The van der Waals surface area contributed by atoms with Gasteiger partial charge in [0.1, 0.15) is 5.60 Å². The molecule has 0 saturated heterocycles. The van der Waals surface area contributed by atoms with E-state index in [9.17, 15) is 14.4 Å². The number of carbonyl (C=O) groups excluding carboxylic acids is 3. The highest BCUT2D eigenvalue weighted by molar-refractivity contribution is 6.37. The number of nitrogens with two attached hydrogens (primary N) is 1. The molecule has 1 aliphatic carbocycles. The first kappa shape index (κ1) is 23.1. The van der Waals surface area contributed by atoms with E-state index < -0.39 is 29.2 Å². The Morgan fingerprint density at radius 2 is 1.78 bits per heavy atom. The van der Waals surface area contributed by atoms with E-state index in [1.807, 2.05) is 0 Å². The third-order valence-electron chi connectivity index (χ3n) is 4.65. The minimum absolute atomic E-state index is 0.0731. The van der Waals surface area contributed by atoms with Crippen LogP contribution in [0.4, 0.5) is 0 Å². The van der Waals surface area contributed by atoms with Crippen LogP contribution in [0, 0.1) is 11.8 Å². The molecule has 0 unspecified atom stereocenters. The van der Waals surface area contributed by atoms with Crippen LogP contribution in [0.15, 0.2) is 5.16 Å². The number of carbonyl (C=O) groups is 3. The van der Waals surface area contributed by atoms with Crippen LogP contribution in [-0.2, 0) is 24.0 Å². The molecule has 27 heavy (non-hydrogen) atoms. The summed E-state index contributed by atoms with van der Waals surface area (Å²) in [5.41, 5.74) is 4.76. The molecular weight excluding hydrogens is 348 g/mol. The number of esters is 1. The number of ether oxygens (including phenoxy) is 1. The van der Waals surface area contributed by atoms with Crippen LogP contribution in [0.5, 0.6) is 0 Å². The van der Waals surface area contributed by atoms with Crippen molar-refractivity contribution < 1.29 is 24.0 Å². The first-order valence-electron chi connectivity index (χ1n) is 9.85. The third-order valence-corrected chi connectivity index (χ3v) is 4.65. The number of hydrogen-bond donors (Lipinski definition) is 1. The van der Waals surface area contributed by atoms with Gasteiger partial charge in [0.15, 0.2) is 5.78 Å². The molecular formula is C20H34N2O5. The predicted octanol–water partition coefficient (Wildman–Crippen LogP) is 3.49. The molecule has 2 N–H and O–H groups in total. The van der Waals surface area contributed by atoms with Gasteiger partial charge in [-0.3, -0.25) is 9.59 Å². The van der Waals surface area contributed by atoms with Gasteiger partial charge in [0.25, 0.3) is 0 Å². The number of hydrogen-bond acceptors (Lipinski definition) is 6. The van der Waals surface area contributed by atoms with Crippen molar-refractivity contribution in [3.63, 3.8) is 0 Å². The summed E-state index contributed by atoms with van der Waals surface area (Å²) in [7, 11) is 0. The van der Waals surface area contributed by atoms with Crippen molar-refractivity contribution in [3.05, 3.63) is 0 Å². The molecule has 1 atom stereocenters. The number of oxime groups is 1. The van der Waals surface area contributed by atoms with Gasteiger partial charge < -0.3 is 15.3 Å². The molecule has 0 aromatic rings. The van der Waals surface area contributed by atoms with Gasteiger partial charge in [-0.1, -0.05) is 50.1 Å². The van der Waals surface area contributed by atoms with Crippen molar-refractivity contribution in [3.8, 4) is 0 Å². The van der Waals surface area contributed by atoms with Crippen LogP contribution in [0.25, 0.3) is 0 Å². The van der Waals surface area contributed by atoms with Gasteiger partial charge in [0, 0.05) is 6.92 Å². The molecule has 0 bridgehead atoms. The Balaban J connectivity index is 2.63. The van der Waals surface area contributed by atoms with Gasteiger partial charge in [-0.2, -0.15) is 0 Å². The van der Waals surface area contributed by atoms with Crippen LogP contribution in [0.1, 0.15) is 85.5 Å². The monoisotopic (exact) mass is 382 g/mol. The maximum atomic E-state index is 12.3. The number of Topliss-reactive ketones (excluding diaryl/α,β-unsaturated/α-hetero) is 1. The molecule has 1 aliphatic rings. The molecule has 0 aromatic carbocycles. The normalized spacial score (nSPS) is 17.3. The smallest absolute Gasteiger partial charge is 0.338 e. The zero-order valence-electron chi connectivity index (χ0n) is 17.1. The van der Waals surface area contributed by atoms with Crippen LogP contribution in [0.3, 0.4) is 0 Å². The summed E-state index contributed by atoms with van der Waals surface area (Å²) < 4.78 is 5.32. The van der Waals surface area contributed by atoms with E-state index in [4.69, 9.17) is 15.3 Å². The van der Waals surface area contributed by atoms with Crippen molar-refractivity contribution in [1.82, 2.24) is 0 Å². The van der Waals surface area contributed by atoms with Gasteiger partial charge in [0.05, 0.1) is 12.3 Å². The largest absolute Gasteiger partial charge is 0.460 e. The van der Waals surface area contributed by atoms with Crippen molar-refractivity contribution in [2.75, 3.05) is 0 Å². The van der Waals surface area contributed by atoms with Crippen molar-refractivity contribution in [2.45, 2.75) is 91.1 Å². The van der Waals surface area contributed by atoms with Gasteiger partial charge in [0.2, 0.25) is 5.84 Å². The Hall–Kier alpha value is -1.92. The minimum atomic E-state index is -0.660.